The van der Waals surface area contributed by atoms with Gasteiger partial charge in [-0.3, -0.25) is 11.4 Å². The molecule has 5 radical (unpaired) electrons. The Morgan fingerprint density at radius 2 is 1.20 bits per heavy atom. The number of hydrogen-bond acceptors (Lipinski definition) is 9. The summed E-state index contributed by atoms with van der Waals surface area (Å²) in [6, 6.07) is 0. The van der Waals surface area contributed by atoms with Crippen molar-refractivity contribution in [3.63, 3.8) is 0 Å². The summed E-state index contributed by atoms with van der Waals surface area (Å²) in [5.41, 5.74) is 12.5. The molecule has 2 N–H and O–H groups in total. The molecule has 16 heteroatoms. The summed E-state index contributed by atoms with van der Waals surface area (Å²) >= 11 is 0. The van der Waals surface area contributed by atoms with Crippen LogP contribution in [0.2, 0.25) is 0 Å². The second kappa shape index (κ2) is 70.4. The van der Waals surface area contributed by atoms with Gasteiger partial charge in [-0.25, -0.2) is 10.9 Å². The molecule has 0 saturated heterocycles. The minimum Gasteiger partial charge on any atom is -0.489 e. The smallest absolute Gasteiger partial charge is 0.137 e. The van der Waals surface area contributed by atoms with Gasteiger partial charge in [-0.15, -0.1) is 6.42 Å². The minimum atomic E-state index is -0.282. The number of allylic oxidation sites excluding steroid dienone is 4. The zero-order valence-corrected chi connectivity index (χ0v) is 39.8. The monoisotopic (exact) mass is 985 g/mol. The van der Waals surface area contributed by atoms with Gasteiger partial charge >= 0.3 is 0 Å². The van der Waals surface area contributed by atoms with E-state index >= 15 is 0 Å². The van der Waals surface area contributed by atoms with Gasteiger partial charge in [0.05, 0.1) is 6.08 Å². The van der Waals surface area contributed by atoms with Crippen molar-refractivity contribution in [2.45, 2.75) is 32.1 Å². The fraction of sp³-hybridized carbons (Fsp3) is 0.250. The maximum atomic E-state index is 10.3. The summed E-state index contributed by atoms with van der Waals surface area (Å²) in [4.78, 5) is 63.7. The average molecular weight is 985 g/mol. The molecule has 0 rings (SSSR count). The first-order valence-corrected chi connectivity index (χ1v) is 10.7. The number of azide groups is 1. The van der Waals surface area contributed by atoms with Crippen LogP contribution in [0.4, 0.5) is 0 Å². The van der Waals surface area contributed by atoms with Gasteiger partial charge in [0.1, 0.15) is 11.7 Å². The van der Waals surface area contributed by atoms with Gasteiger partial charge in [0.25, 0.3) is 0 Å². The molecule has 0 aromatic heterocycles. The predicted octanol–water partition coefficient (Wildman–Crippen LogP) is 3.69. The van der Waals surface area contributed by atoms with Crippen LogP contribution in [-0.2, 0) is 192 Å². The van der Waals surface area contributed by atoms with Crippen LogP contribution >= 0.6 is 0 Å². The molecule has 0 bridgehead atoms. The third kappa shape index (κ3) is 112. The van der Waals surface area contributed by atoms with Crippen molar-refractivity contribution in [2.75, 3.05) is 14.1 Å². The zero-order chi connectivity index (χ0) is 32.1. The predicted molar refractivity (Wildman–Crippen MR) is 152 cm³/mol. The minimum absolute atomic E-state index is 0. The van der Waals surface area contributed by atoms with E-state index in [0.717, 1.165) is 18.2 Å². The largest absolute Gasteiger partial charge is 0.489 e. The number of hydrogen-bond donors (Lipinski definition) is 1. The van der Waals surface area contributed by atoms with Crippen molar-refractivity contribution in [3.05, 3.63) is 108 Å². The van der Waals surface area contributed by atoms with E-state index < -0.39 is 0 Å². The Bertz CT molecular complexity index is 871. The van der Waals surface area contributed by atoms with Gasteiger partial charge in [0.2, 0.25) is 0 Å². The van der Waals surface area contributed by atoms with E-state index in [-0.39, 0.29) is 218 Å². The number of carbonyl (C=O) groups is 5. The summed E-state index contributed by atoms with van der Waals surface area (Å²) in [7, 11) is 3.88. The van der Waals surface area contributed by atoms with Crippen LogP contribution in [0.5, 0.6) is 0 Å². The summed E-state index contributed by atoms with van der Waals surface area (Å²) in [6.07, 6.45) is 11.1. The van der Waals surface area contributed by atoms with E-state index in [2.05, 4.69) is 70.5 Å². The maximum Gasteiger partial charge on any atom is 0.137 e. The summed E-state index contributed by atoms with van der Waals surface area (Å²) < 4.78 is 0. The van der Waals surface area contributed by atoms with E-state index in [1.165, 1.54) is 12.0 Å². The molecule has 0 aliphatic heterocycles. The second-order valence-corrected chi connectivity index (χ2v) is 6.00. The van der Waals surface area contributed by atoms with Crippen LogP contribution in [0.3, 0.4) is 0 Å². The molecule has 0 aliphatic rings. The summed E-state index contributed by atoms with van der Waals surface area (Å²) in [5, 5.41) is 2.89. The van der Waals surface area contributed by atoms with Crippen molar-refractivity contribution in [3.8, 4) is 0 Å². The fourth-order valence-corrected chi connectivity index (χ4v) is 0.585. The molecular formula is C28H38N5O6Y5-9. The average Bonchev–Trinajstić information content (AvgIpc) is 2.94. The molecule has 0 spiro atoms. The second-order valence-electron chi connectivity index (χ2n) is 6.00. The van der Waals surface area contributed by atoms with E-state index in [1.54, 1.807) is 6.20 Å². The molecule has 235 valence electrons. The molecule has 0 atom stereocenters. The van der Waals surface area contributed by atoms with Gasteiger partial charge < -0.3 is 71.4 Å². The Labute approximate surface area is 390 Å². The Kier molecular flexibility index (Phi) is 121. The van der Waals surface area contributed by atoms with Gasteiger partial charge in [-0.05, 0) is 39.8 Å². The Morgan fingerprint density at radius 1 is 0.864 bits per heavy atom. The van der Waals surface area contributed by atoms with Crippen LogP contribution in [0.15, 0.2) is 42.2 Å². The van der Waals surface area contributed by atoms with Crippen molar-refractivity contribution in [1.29, 1.82) is 0 Å². The summed E-state index contributed by atoms with van der Waals surface area (Å²) in [6.45, 7) is 27.8. The number of rotatable bonds is 11. The third-order valence-corrected chi connectivity index (χ3v) is 2.61. The standard InChI is InChI=1S/C5H5N3O.C5H7NO.C5H5O2.C5H6O.C4H9N.C4H6O.5Y/c1-2-5(9)3-4-7-8-6;2*1-2-5(7)3-4-6;1-3-5(6)4-2;1-4-5(2)3;1-3-4(2)5;;;;;/h3H,1-2H2;3H,1-2,6H2;3H,1-2H2;1,3H,2,4H2;4H,1H2,2-3H3;1-3H2;;;;;/q2*-2;-1;-2;;-2;;;;;. The first-order chi connectivity index (χ1) is 18.3. The van der Waals surface area contributed by atoms with Crippen LogP contribution in [0, 0.1) is 60.5 Å². The van der Waals surface area contributed by atoms with Gasteiger partial charge in [0, 0.05) is 178 Å². The van der Waals surface area contributed by atoms with Gasteiger partial charge in [0.15, 0.2) is 0 Å². The normalized spacial score (nSPS) is 7.16. The molecule has 11 nitrogen and oxygen atoms in total. The fourth-order valence-electron chi connectivity index (χ4n) is 0.585. The summed E-state index contributed by atoms with van der Waals surface area (Å²) in [5.74, 6) is 0.548. The molecule has 0 heterocycles. The molecule has 0 fully saturated rings. The molecule has 0 amide bonds. The van der Waals surface area contributed by atoms with Crippen LogP contribution in [-0.4, -0.2) is 53.9 Å². The van der Waals surface area contributed by atoms with Crippen molar-refractivity contribution >= 4 is 34.9 Å². The van der Waals surface area contributed by atoms with Crippen LogP contribution in [0.25, 0.3) is 10.4 Å². The number of ketones is 5. The van der Waals surface area contributed by atoms with E-state index in [9.17, 15) is 28.8 Å². The molecule has 0 aliphatic carbocycles. The van der Waals surface area contributed by atoms with Crippen molar-refractivity contribution in [1.82, 2.24) is 4.90 Å². The van der Waals surface area contributed by atoms with Crippen LogP contribution in [0.1, 0.15) is 32.1 Å². The van der Waals surface area contributed by atoms with Gasteiger partial charge in [-0.1, -0.05) is 6.58 Å². The number of nitrogens with two attached hydrogens (primary N) is 1. The topological polar surface area (TPSA) is 180 Å². The number of Topliss-reactive ketones (excluding diaryl/α,β-unsaturated/α-hetero) is 1. The molecule has 0 aromatic rings. The molecule has 0 saturated carbocycles. The quantitative estimate of drug-likeness (QED) is 0.0620. The molecule has 0 unspecified atom stereocenters. The zero-order valence-electron chi connectivity index (χ0n) is 25.7. The Morgan fingerprint density at radius 3 is 1.34 bits per heavy atom. The third-order valence-electron chi connectivity index (χ3n) is 2.61. The Hall–Kier alpha value is 1.06. The van der Waals surface area contributed by atoms with E-state index in [0.29, 0.717) is 6.42 Å². The van der Waals surface area contributed by atoms with Gasteiger partial charge in [-0.2, -0.15) is 55.3 Å². The molecule has 0 aromatic carbocycles. The maximum absolute atomic E-state index is 10.3. The van der Waals surface area contributed by atoms with E-state index in [1.807, 2.05) is 19.0 Å². The van der Waals surface area contributed by atoms with Crippen molar-refractivity contribution < 1.29 is 192 Å². The van der Waals surface area contributed by atoms with Crippen molar-refractivity contribution in [2.24, 2.45) is 10.8 Å². The molecule has 44 heavy (non-hydrogen) atoms. The SMILES string of the molecule is C=CN(C)C.[CH-]=CC(=O)C[CH2-].[CH2-]CC(=O)C=C=O.[CH2-]CC(=O)C=[C-]N.[CH2-]CC(=O)C=[C-]N=[N+]=[N-].[CH2-]CC([CH2-])=O.[Y].[Y].[Y].[Y].[Y]. The first kappa shape index (κ1) is 75.4. The molecular weight excluding hydrogens is 947 g/mol. The Balaban J connectivity index is -0.0000000326. The van der Waals surface area contributed by atoms with E-state index in [4.69, 9.17) is 17.8 Å². The first-order valence-electron chi connectivity index (χ1n) is 10.7. The number of carbonyl (C=O) groups excluding carboxylic acids is 6. The number of nitrogens with zero attached hydrogens (tertiary/aromatic N) is 4. The van der Waals surface area contributed by atoms with Crippen LogP contribution < -0.4 is 5.73 Å².